The van der Waals surface area contributed by atoms with Crippen LogP contribution in [0.4, 0.5) is 0 Å². The van der Waals surface area contributed by atoms with Crippen LogP contribution in [0.3, 0.4) is 0 Å². The van der Waals surface area contributed by atoms with E-state index in [2.05, 4.69) is 0 Å². The van der Waals surface area contributed by atoms with Gasteiger partial charge in [-0.15, -0.1) is 0 Å². The van der Waals surface area contributed by atoms with Gasteiger partial charge in [0.05, 0.1) is 5.54 Å². The van der Waals surface area contributed by atoms with Gasteiger partial charge in [0, 0.05) is 0 Å². The molecule has 0 atom stereocenters. The van der Waals surface area contributed by atoms with E-state index < -0.39 is 11.5 Å². The number of hydrogen-bond donors (Lipinski definition) is 4. The predicted octanol–water partition coefficient (Wildman–Crippen LogP) is -1.65. The van der Waals surface area contributed by atoms with E-state index in [1.165, 1.54) is 13.8 Å². The maximum Gasteiger partial charge on any atom is 0.293 e. The van der Waals surface area contributed by atoms with Gasteiger partial charge in [0.25, 0.3) is 5.97 Å². The zero-order chi connectivity index (χ0) is 7.00. The fourth-order valence-corrected chi connectivity index (χ4v) is 0. The average Bonchev–Trinajstić information content (AvgIpc) is 1.25. The first-order valence-corrected chi connectivity index (χ1v) is 2.21. The lowest BCUT2D eigenvalue weighted by Crippen LogP contribution is -2.56. The lowest BCUT2D eigenvalue weighted by molar-refractivity contribution is -0.342. The van der Waals surface area contributed by atoms with E-state index in [4.69, 9.17) is 21.1 Å². The minimum absolute atomic E-state index is 1.30. The number of aliphatic hydroxyl groups is 3. The summed E-state index contributed by atoms with van der Waals surface area (Å²) in [5, 5.41) is 25.0. The molecule has 0 radical (unpaired) electrons. The van der Waals surface area contributed by atoms with E-state index in [9.17, 15) is 0 Å². The molecule has 5 N–H and O–H groups in total. The Bertz CT molecular complexity index is 66.3. The van der Waals surface area contributed by atoms with Crippen molar-refractivity contribution in [1.82, 2.24) is 0 Å². The Labute approximate surface area is 47.6 Å². The molecule has 0 aromatic heterocycles. The second-order valence-corrected chi connectivity index (χ2v) is 2.36. The Hall–Kier alpha value is -0.160. The van der Waals surface area contributed by atoms with Gasteiger partial charge >= 0.3 is 0 Å². The van der Waals surface area contributed by atoms with Gasteiger partial charge in [-0.3, -0.25) is 0 Å². The van der Waals surface area contributed by atoms with Gasteiger partial charge in [0.15, 0.2) is 0 Å². The maximum atomic E-state index is 8.34. The monoisotopic (exact) mass is 121 g/mol. The molecule has 0 aromatic rings. The molecule has 0 aliphatic heterocycles. The van der Waals surface area contributed by atoms with Gasteiger partial charge in [-0.05, 0) is 13.8 Å². The molecule has 0 saturated heterocycles. The summed E-state index contributed by atoms with van der Waals surface area (Å²) in [6.07, 6.45) is 0. The first-order valence-electron chi connectivity index (χ1n) is 2.21. The third kappa shape index (κ3) is 1.75. The van der Waals surface area contributed by atoms with Crippen LogP contribution in [-0.2, 0) is 0 Å². The molecular weight excluding hydrogens is 110 g/mol. The minimum Gasteiger partial charge on any atom is -0.342 e. The highest BCUT2D eigenvalue weighted by molar-refractivity contribution is 4.78. The van der Waals surface area contributed by atoms with Crippen molar-refractivity contribution < 1.29 is 15.3 Å². The summed E-state index contributed by atoms with van der Waals surface area (Å²) in [5.74, 6) is -2.78. The van der Waals surface area contributed by atoms with Crippen molar-refractivity contribution in [3.8, 4) is 0 Å². The van der Waals surface area contributed by atoms with E-state index in [0.717, 1.165) is 0 Å². The third-order valence-electron chi connectivity index (χ3n) is 0.864. The molecule has 0 saturated carbocycles. The van der Waals surface area contributed by atoms with Crippen molar-refractivity contribution in [3.63, 3.8) is 0 Å². The third-order valence-corrected chi connectivity index (χ3v) is 0.864. The molecule has 0 fully saturated rings. The topological polar surface area (TPSA) is 86.7 Å². The summed E-state index contributed by atoms with van der Waals surface area (Å²) < 4.78 is 0. The van der Waals surface area contributed by atoms with Crippen LogP contribution in [0.15, 0.2) is 0 Å². The smallest absolute Gasteiger partial charge is 0.293 e. The molecule has 0 heterocycles. The summed E-state index contributed by atoms with van der Waals surface area (Å²) in [6.45, 7) is 2.60. The lowest BCUT2D eigenvalue weighted by atomic mass is 10.1. The molecule has 4 heteroatoms. The molecule has 0 aliphatic carbocycles. The van der Waals surface area contributed by atoms with Crippen LogP contribution >= 0.6 is 0 Å². The zero-order valence-corrected chi connectivity index (χ0v) is 4.92. The van der Waals surface area contributed by atoms with E-state index in [-0.39, 0.29) is 0 Å². The average molecular weight is 121 g/mol. The van der Waals surface area contributed by atoms with Crippen molar-refractivity contribution in [1.29, 1.82) is 0 Å². The quantitative estimate of drug-likeness (QED) is 0.313. The minimum atomic E-state index is -2.78. The predicted molar refractivity (Wildman–Crippen MR) is 27.7 cm³/mol. The standard InChI is InChI=1S/C4H11NO3/c1-3(2,5)4(6,7)8/h6-8H,5H2,1-2H3. The van der Waals surface area contributed by atoms with Crippen molar-refractivity contribution in [2.24, 2.45) is 5.73 Å². The SMILES string of the molecule is CC(C)(N)C(O)(O)O. The van der Waals surface area contributed by atoms with Crippen LogP contribution in [0.2, 0.25) is 0 Å². The fourth-order valence-electron chi connectivity index (χ4n) is 0. The summed E-state index contributed by atoms with van der Waals surface area (Å²) in [7, 11) is 0. The molecule has 0 aliphatic rings. The first kappa shape index (κ1) is 7.84. The van der Waals surface area contributed by atoms with E-state index in [1.54, 1.807) is 0 Å². The molecule has 8 heavy (non-hydrogen) atoms. The van der Waals surface area contributed by atoms with E-state index >= 15 is 0 Å². The molecule has 0 aromatic carbocycles. The van der Waals surface area contributed by atoms with Crippen molar-refractivity contribution in [2.45, 2.75) is 25.4 Å². The summed E-state index contributed by atoms with van der Waals surface area (Å²) >= 11 is 0. The molecule has 0 amide bonds. The Morgan fingerprint density at radius 1 is 1.12 bits per heavy atom. The highest BCUT2D eigenvalue weighted by Gasteiger charge is 2.36. The largest absolute Gasteiger partial charge is 0.342 e. The molecule has 4 nitrogen and oxygen atoms in total. The number of hydrogen-bond acceptors (Lipinski definition) is 4. The molecule has 0 rings (SSSR count). The van der Waals surface area contributed by atoms with Crippen molar-refractivity contribution in [3.05, 3.63) is 0 Å². The first-order chi connectivity index (χ1) is 3.25. The second kappa shape index (κ2) is 1.66. The Morgan fingerprint density at radius 3 is 1.25 bits per heavy atom. The van der Waals surface area contributed by atoms with Crippen LogP contribution in [0.25, 0.3) is 0 Å². The van der Waals surface area contributed by atoms with Gasteiger partial charge in [-0.25, -0.2) is 0 Å². The van der Waals surface area contributed by atoms with Gasteiger partial charge in [0.2, 0.25) is 0 Å². The number of rotatable bonds is 1. The van der Waals surface area contributed by atoms with Crippen molar-refractivity contribution >= 4 is 0 Å². The highest BCUT2D eigenvalue weighted by atomic mass is 16.7. The highest BCUT2D eigenvalue weighted by Crippen LogP contribution is 2.10. The Kier molecular flexibility index (Phi) is 1.63. The number of nitrogens with two attached hydrogens (primary N) is 1. The summed E-state index contributed by atoms with van der Waals surface area (Å²) in [5.41, 5.74) is 3.67. The lowest BCUT2D eigenvalue weighted by Gasteiger charge is -2.28. The van der Waals surface area contributed by atoms with Crippen LogP contribution in [-0.4, -0.2) is 26.8 Å². The maximum absolute atomic E-state index is 8.34. The second-order valence-electron chi connectivity index (χ2n) is 2.36. The molecule has 50 valence electrons. The molecular formula is C4H11NO3. The van der Waals surface area contributed by atoms with Gasteiger partial charge in [-0.1, -0.05) is 0 Å². The van der Waals surface area contributed by atoms with Gasteiger partial charge in [-0.2, -0.15) is 0 Å². The van der Waals surface area contributed by atoms with Crippen LogP contribution < -0.4 is 5.73 Å². The Balaban J connectivity index is 4.02. The fraction of sp³-hybridized carbons (Fsp3) is 1.00. The normalized spacial score (nSPS) is 14.2. The van der Waals surface area contributed by atoms with Gasteiger partial charge in [0.1, 0.15) is 0 Å². The molecule has 0 bridgehead atoms. The van der Waals surface area contributed by atoms with Crippen LogP contribution in [0, 0.1) is 0 Å². The summed E-state index contributed by atoms with van der Waals surface area (Å²) in [4.78, 5) is 0. The van der Waals surface area contributed by atoms with Gasteiger partial charge < -0.3 is 21.1 Å². The van der Waals surface area contributed by atoms with E-state index in [0.29, 0.717) is 0 Å². The zero-order valence-electron chi connectivity index (χ0n) is 4.92. The summed E-state index contributed by atoms with van der Waals surface area (Å²) in [6, 6.07) is 0. The molecule has 0 unspecified atom stereocenters. The van der Waals surface area contributed by atoms with Crippen LogP contribution in [0.1, 0.15) is 13.8 Å². The molecule has 0 spiro atoms. The van der Waals surface area contributed by atoms with E-state index in [1.807, 2.05) is 0 Å². The Morgan fingerprint density at radius 2 is 1.25 bits per heavy atom. The van der Waals surface area contributed by atoms with Crippen molar-refractivity contribution in [2.75, 3.05) is 0 Å². The van der Waals surface area contributed by atoms with Crippen LogP contribution in [0.5, 0.6) is 0 Å².